The average molecular weight is 401 g/mol. The highest BCUT2D eigenvalue weighted by Gasteiger charge is 2.17. The predicted octanol–water partition coefficient (Wildman–Crippen LogP) is 2.92. The molecule has 1 N–H and O–H groups in total. The van der Waals surface area contributed by atoms with E-state index in [1.807, 2.05) is 20.8 Å². The lowest BCUT2D eigenvalue weighted by atomic mass is 10.2. The maximum atomic E-state index is 12.9. The van der Waals surface area contributed by atoms with Crippen LogP contribution in [-0.2, 0) is 17.9 Å². The van der Waals surface area contributed by atoms with Crippen LogP contribution >= 0.6 is 11.3 Å². The van der Waals surface area contributed by atoms with Gasteiger partial charge in [-0.15, -0.1) is 11.3 Å². The van der Waals surface area contributed by atoms with Gasteiger partial charge < -0.3 is 10.1 Å². The van der Waals surface area contributed by atoms with Gasteiger partial charge in [-0.1, -0.05) is 13.8 Å². The molecule has 3 rings (SSSR count). The Kier molecular flexibility index (Phi) is 5.99. The first-order valence-electron chi connectivity index (χ1n) is 9.14. The van der Waals surface area contributed by atoms with Crippen molar-refractivity contribution >= 4 is 33.1 Å². The molecule has 0 aliphatic rings. The van der Waals surface area contributed by atoms with E-state index in [9.17, 15) is 14.4 Å². The van der Waals surface area contributed by atoms with Crippen molar-refractivity contribution in [3.05, 3.63) is 56.5 Å². The van der Waals surface area contributed by atoms with E-state index in [4.69, 9.17) is 4.74 Å². The van der Waals surface area contributed by atoms with Crippen molar-refractivity contribution in [2.75, 3.05) is 11.9 Å². The molecule has 0 radical (unpaired) electrons. The number of ether oxygens (including phenoxy) is 1. The van der Waals surface area contributed by atoms with Gasteiger partial charge in [-0.3, -0.25) is 18.7 Å². The summed E-state index contributed by atoms with van der Waals surface area (Å²) in [6.45, 7) is 6.49. The van der Waals surface area contributed by atoms with Crippen LogP contribution in [0.2, 0.25) is 0 Å². The van der Waals surface area contributed by atoms with Gasteiger partial charge in [0.15, 0.2) is 0 Å². The highest BCUT2D eigenvalue weighted by atomic mass is 32.1. The number of nitrogens with one attached hydrogen (secondary N) is 1. The Labute approximate surface area is 166 Å². The van der Waals surface area contributed by atoms with Gasteiger partial charge in [-0.25, -0.2) is 4.79 Å². The van der Waals surface area contributed by atoms with Gasteiger partial charge in [-0.2, -0.15) is 0 Å². The van der Waals surface area contributed by atoms with Crippen LogP contribution in [0.5, 0.6) is 5.75 Å². The smallest absolute Gasteiger partial charge is 0.332 e. The molecule has 8 heteroatoms. The van der Waals surface area contributed by atoms with Gasteiger partial charge in [0.05, 0.1) is 12.1 Å². The molecule has 0 bridgehead atoms. The molecule has 2 aromatic heterocycles. The molecule has 148 valence electrons. The zero-order valence-electron chi connectivity index (χ0n) is 16.1. The van der Waals surface area contributed by atoms with E-state index < -0.39 is 5.69 Å². The van der Waals surface area contributed by atoms with Gasteiger partial charge in [0.1, 0.15) is 17.0 Å². The van der Waals surface area contributed by atoms with Crippen LogP contribution in [0.25, 0.3) is 10.2 Å². The second kappa shape index (κ2) is 8.43. The summed E-state index contributed by atoms with van der Waals surface area (Å²) in [6.07, 6.45) is 0. The summed E-state index contributed by atoms with van der Waals surface area (Å²) in [5.41, 5.74) is 0.332. The number of fused-ring (bicyclic) bond motifs is 1. The van der Waals surface area contributed by atoms with E-state index >= 15 is 0 Å². The molecule has 1 amide bonds. The molecule has 0 fully saturated rings. The molecule has 0 saturated carbocycles. The molecular weight excluding hydrogens is 378 g/mol. The van der Waals surface area contributed by atoms with Crippen LogP contribution < -0.4 is 21.3 Å². The topological polar surface area (TPSA) is 82.3 Å². The summed E-state index contributed by atoms with van der Waals surface area (Å²) < 4.78 is 8.44. The number of carbonyl (C=O) groups excluding carboxylic acids is 1. The first kappa shape index (κ1) is 19.9. The fraction of sp³-hybridized carbons (Fsp3) is 0.350. The number of amides is 1. The normalized spacial score (nSPS) is 11.1. The minimum atomic E-state index is -0.466. The molecule has 28 heavy (non-hydrogen) atoms. The first-order chi connectivity index (χ1) is 13.4. The molecule has 0 atom stereocenters. The van der Waals surface area contributed by atoms with Crippen molar-refractivity contribution in [3.63, 3.8) is 0 Å². The van der Waals surface area contributed by atoms with E-state index in [1.54, 1.807) is 35.7 Å². The van der Waals surface area contributed by atoms with Gasteiger partial charge in [0.25, 0.3) is 5.56 Å². The molecule has 7 nitrogen and oxygen atoms in total. The number of hydrogen-bond donors (Lipinski definition) is 1. The second-order valence-corrected chi connectivity index (χ2v) is 7.73. The van der Waals surface area contributed by atoms with Gasteiger partial charge in [-0.05, 0) is 48.6 Å². The number of carbonyl (C=O) groups is 1. The lowest BCUT2D eigenvalue weighted by molar-refractivity contribution is -0.116. The first-order valence-corrected chi connectivity index (χ1v) is 10.0. The van der Waals surface area contributed by atoms with Crippen LogP contribution in [0.4, 0.5) is 5.69 Å². The maximum Gasteiger partial charge on any atom is 0.332 e. The summed E-state index contributed by atoms with van der Waals surface area (Å²) in [5.74, 6) is 0.514. The Morgan fingerprint density at radius 1 is 1.14 bits per heavy atom. The molecule has 0 saturated heterocycles. The summed E-state index contributed by atoms with van der Waals surface area (Å²) in [4.78, 5) is 38.0. The monoisotopic (exact) mass is 401 g/mol. The predicted molar refractivity (Wildman–Crippen MR) is 111 cm³/mol. The number of hydrogen-bond acceptors (Lipinski definition) is 5. The maximum absolute atomic E-state index is 12.9. The summed E-state index contributed by atoms with van der Waals surface area (Å²) in [5, 5.41) is 4.54. The molecular formula is C20H23N3O4S. The minimum Gasteiger partial charge on any atom is -0.494 e. The highest BCUT2D eigenvalue weighted by molar-refractivity contribution is 7.17. The molecule has 2 heterocycles. The van der Waals surface area contributed by atoms with Gasteiger partial charge in [0.2, 0.25) is 5.91 Å². The number of aromatic nitrogens is 2. The van der Waals surface area contributed by atoms with Crippen LogP contribution in [0.15, 0.2) is 45.3 Å². The van der Waals surface area contributed by atoms with Crippen molar-refractivity contribution in [2.45, 2.75) is 33.9 Å². The van der Waals surface area contributed by atoms with Crippen LogP contribution in [0.3, 0.4) is 0 Å². The third-order valence-electron chi connectivity index (χ3n) is 4.13. The fourth-order valence-electron chi connectivity index (χ4n) is 2.96. The Morgan fingerprint density at radius 2 is 1.86 bits per heavy atom. The number of benzene rings is 1. The lowest BCUT2D eigenvalue weighted by Crippen LogP contribution is -2.42. The summed E-state index contributed by atoms with van der Waals surface area (Å²) in [6, 6.07) is 8.72. The molecule has 3 aromatic rings. The second-order valence-electron chi connectivity index (χ2n) is 6.82. The lowest BCUT2D eigenvalue weighted by Gasteiger charge is -2.13. The van der Waals surface area contributed by atoms with Crippen LogP contribution in [0, 0.1) is 5.92 Å². The average Bonchev–Trinajstić information content (AvgIpc) is 3.14. The largest absolute Gasteiger partial charge is 0.494 e. The Bertz CT molecular complexity index is 1090. The number of anilines is 1. The van der Waals surface area contributed by atoms with E-state index in [-0.39, 0.29) is 23.9 Å². The Balaban J connectivity index is 1.89. The number of thiophene rings is 1. The van der Waals surface area contributed by atoms with Crippen molar-refractivity contribution < 1.29 is 9.53 Å². The van der Waals surface area contributed by atoms with Crippen LogP contribution in [0.1, 0.15) is 20.8 Å². The van der Waals surface area contributed by atoms with E-state index in [2.05, 4.69) is 5.32 Å². The Morgan fingerprint density at radius 3 is 2.50 bits per heavy atom. The zero-order chi connectivity index (χ0) is 20.3. The van der Waals surface area contributed by atoms with Crippen LogP contribution in [-0.4, -0.2) is 21.6 Å². The van der Waals surface area contributed by atoms with Gasteiger partial charge >= 0.3 is 5.69 Å². The summed E-state index contributed by atoms with van der Waals surface area (Å²) >= 11 is 1.28. The zero-order valence-corrected chi connectivity index (χ0v) is 16.9. The molecule has 0 aliphatic heterocycles. The molecule has 0 aliphatic carbocycles. The fourth-order valence-corrected chi connectivity index (χ4v) is 3.80. The third-order valence-corrected chi connectivity index (χ3v) is 5.03. The van der Waals surface area contributed by atoms with Crippen molar-refractivity contribution in [1.82, 2.24) is 9.13 Å². The molecule has 0 spiro atoms. The third kappa shape index (κ3) is 4.17. The molecule has 0 unspecified atom stereocenters. The Hall–Kier alpha value is -2.87. The van der Waals surface area contributed by atoms with E-state index in [0.29, 0.717) is 29.1 Å². The molecule has 1 aromatic carbocycles. The van der Waals surface area contributed by atoms with Crippen molar-refractivity contribution in [1.29, 1.82) is 0 Å². The van der Waals surface area contributed by atoms with Crippen molar-refractivity contribution in [2.24, 2.45) is 5.92 Å². The minimum absolute atomic E-state index is 0.133. The van der Waals surface area contributed by atoms with E-state index in [0.717, 1.165) is 5.75 Å². The highest BCUT2D eigenvalue weighted by Crippen LogP contribution is 2.17. The SMILES string of the molecule is CCOc1ccc(NC(=O)Cn2c(=O)n(CC(C)C)c(=O)c3sccc32)cc1. The number of rotatable bonds is 7. The standard InChI is InChI=1S/C20H23N3O4S/c1-4-27-15-7-5-14(6-8-15)21-17(24)12-22-16-9-10-28-18(16)19(25)23(20(22)26)11-13(2)3/h5-10,13H,4,11-12H2,1-3H3,(H,21,24). The van der Waals surface area contributed by atoms with Gasteiger partial charge in [0, 0.05) is 12.2 Å². The quantitative estimate of drug-likeness (QED) is 0.660. The van der Waals surface area contributed by atoms with E-state index in [1.165, 1.54) is 20.5 Å². The number of nitrogens with zero attached hydrogens (tertiary/aromatic N) is 2. The summed E-state index contributed by atoms with van der Waals surface area (Å²) in [7, 11) is 0. The van der Waals surface area contributed by atoms with Crippen molar-refractivity contribution in [3.8, 4) is 5.75 Å².